The molecule has 270 valence electrons. The summed E-state index contributed by atoms with van der Waals surface area (Å²) < 4.78 is 18.0. The molecule has 51 heavy (non-hydrogen) atoms. The largest absolute Gasteiger partial charge is 0.455 e. The van der Waals surface area contributed by atoms with Gasteiger partial charge in [-0.1, -0.05) is 123 Å². The summed E-state index contributed by atoms with van der Waals surface area (Å²) in [6.45, 7) is -1.99. The van der Waals surface area contributed by atoms with Crippen molar-refractivity contribution >= 4 is 80.7 Å². The van der Waals surface area contributed by atoms with E-state index in [1.807, 2.05) is 91.0 Å². The number of carbonyl (C=O) groups is 3. The van der Waals surface area contributed by atoms with E-state index in [-0.39, 0.29) is 39.5 Å². The lowest BCUT2D eigenvalue weighted by atomic mass is 10.2. The Balaban J connectivity index is 1.34. The van der Waals surface area contributed by atoms with Gasteiger partial charge in [-0.25, -0.2) is 42.5 Å². The van der Waals surface area contributed by atoms with Gasteiger partial charge in [-0.15, -0.1) is 0 Å². The lowest BCUT2D eigenvalue weighted by Crippen LogP contribution is -2.55. The molecule has 4 rings (SSSR count). The minimum Gasteiger partial charge on any atom is -0.455 e. The molecule has 18 heteroatoms. The van der Waals surface area contributed by atoms with Crippen molar-refractivity contribution in [3.05, 3.63) is 139 Å². The predicted octanol–water partition coefficient (Wildman–Crippen LogP) is 7.33. The van der Waals surface area contributed by atoms with Crippen LogP contribution in [0.15, 0.2) is 105 Å². The Hall–Kier alpha value is -3.42. The van der Waals surface area contributed by atoms with Crippen LogP contribution in [0.2, 0.25) is 0 Å². The van der Waals surface area contributed by atoms with Crippen molar-refractivity contribution in [3.63, 3.8) is 0 Å². The maximum absolute atomic E-state index is 13.3. The second-order valence-electron chi connectivity index (χ2n) is 10.1. The molecule has 0 bridgehead atoms. The number of benzene rings is 3. The maximum Gasteiger partial charge on any atom is 0.378 e. The second-order valence-corrected chi connectivity index (χ2v) is 16.8. The molecule has 12 nitrogen and oxygen atoms in total. The van der Waals surface area contributed by atoms with Crippen LogP contribution >= 0.6 is 64.8 Å². The number of nitrogens with zero attached hydrogens (tertiary/aromatic N) is 3. The summed E-state index contributed by atoms with van der Waals surface area (Å²) in [6, 6.07) is 28.7. The smallest absolute Gasteiger partial charge is 0.378 e. The summed E-state index contributed by atoms with van der Waals surface area (Å²) >= 11 is 0. The molecule has 0 aliphatic heterocycles. The fourth-order valence-electron chi connectivity index (χ4n) is 4.15. The highest BCUT2D eigenvalue weighted by Gasteiger charge is 2.18. The highest BCUT2D eigenvalue weighted by Crippen LogP contribution is 2.29. The van der Waals surface area contributed by atoms with Crippen molar-refractivity contribution in [2.75, 3.05) is 19.8 Å². The Kier molecular flexibility index (Phi) is 17.8. The van der Waals surface area contributed by atoms with Crippen LogP contribution in [0, 0.1) is 0 Å². The molecule has 0 spiro atoms. The average Bonchev–Trinajstić information content (AvgIpc) is 3.14. The third-order valence-electron chi connectivity index (χ3n) is 6.58. The molecule has 4 aromatic rings. The van der Waals surface area contributed by atoms with Gasteiger partial charge in [-0.3, -0.25) is 0 Å². The van der Waals surface area contributed by atoms with E-state index >= 15 is 0 Å². The predicted molar refractivity (Wildman–Crippen MR) is 209 cm³/mol. The van der Waals surface area contributed by atoms with Crippen LogP contribution in [-0.4, -0.2) is 49.4 Å². The van der Waals surface area contributed by atoms with Gasteiger partial charge >= 0.3 is 33.0 Å². The van der Waals surface area contributed by atoms with E-state index in [1.165, 1.54) is 32.4 Å². The molecule has 0 radical (unpaired) electrons. The van der Waals surface area contributed by atoms with Crippen molar-refractivity contribution in [2.45, 2.75) is 36.9 Å². The lowest BCUT2D eigenvalue weighted by molar-refractivity contribution is 0.162. The fraction of sp³-hybridized carbons (Fsp3) is 0.273. The molecule has 1 heterocycles. The van der Waals surface area contributed by atoms with Gasteiger partial charge in [0.25, 0.3) is 0 Å². The van der Waals surface area contributed by atoms with Gasteiger partial charge in [0.2, 0.25) is 0 Å². The van der Waals surface area contributed by atoms with E-state index in [0.717, 1.165) is 62.8 Å². The van der Waals surface area contributed by atoms with Crippen molar-refractivity contribution in [1.29, 1.82) is 0 Å². The molecule has 0 saturated carbocycles. The minimum atomic E-state index is -0.963. The molecular weight excluding hydrogens is 775 g/mol. The number of aromatic nitrogens is 3. The Bertz CT molecular complexity index is 1640. The standard InChI is InChI=1S/C33H33N3O9S6/c37-28-34(16-19-43-31(40)49-46-22-25-10-4-1-5-11-25)29(38)36(18-21-45-33(42)51-48-24-27-14-8-3-9-15-27)30(39)35(28)17-20-44-32(41)50-47-23-26-12-6-2-7-13-26/h1-15H,16-24H2. The van der Waals surface area contributed by atoms with Crippen LogP contribution in [-0.2, 0) is 51.1 Å². The number of rotatable bonds is 18. The number of hydrogen-bond acceptors (Lipinski definition) is 15. The molecule has 3 aromatic carbocycles. The van der Waals surface area contributed by atoms with Gasteiger partial charge in [-0.2, -0.15) is 0 Å². The number of carbonyl (C=O) groups excluding carboxylic acids is 3. The van der Waals surface area contributed by atoms with Crippen molar-refractivity contribution in [1.82, 2.24) is 13.7 Å². The van der Waals surface area contributed by atoms with Gasteiger partial charge in [0.15, 0.2) is 0 Å². The zero-order chi connectivity index (χ0) is 36.3. The van der Waals surface area contributed by atoms with Gasteiger partial charge in [0.1, 0.15) is 19.8 Å². The summed E-state index contributed by atoms with van der Waals surface area (Å²) in [4.78, 5) is 76.8. The molecule has 0 aliphatic rings. The molecule has 1 aromatic heterocycles. The zero-order valence-electron chi connectivity index (χ0n) is 27.0. The van der Waals surface area contributed by atoms with Gasteiger partial charge in [-0.05, 0) is 16.7 Å². The first-order valence-electron chi connectivity index (χ1n) is 15.3. The number of ether oxygens (including phenoxy) is 3. The highest BCUT2D eigenvalue weighted by molar-refractivity contribution is 8.82. The molecule has 0 unspecified atom stereocenters. The molecular formula is C33H33N3O9S6. The summed E-state index contributed by atoms with van der Waals surface area (Å²) in [6.07, 6.45) is 0. The molecule has 0 aliphatic carbocycles. The summed E-state index contributed by atoms with van der Waals surface area (Å²) in [5, 5.41) is -1.83. The van der Waals surface area contributed by atoms with Gasteiger partial charge < -0.3 is 14.2 Å². The van der Waals surface area contributed by atoms with E-state index < -0.39 is 33.0 Å². The third kappa shape index (κ3) is 14.3. The Morgan fingerprint density at radius 2 is 0.686 bits per heavy atom. The van der Waals surface area contributed by atoms with Crippen LogP contribution in [0.4, 0.5) is 14.4 Å². The maximum atomic E-state index is 13.3. The van der Waals surface area contributed by atoms with E-state index in [0.29, 0.717) is 17.3 Å². The van der Waals surface area contributed by atoms with E-state index in [4.69, 9.17) is 14.2 Å². The Labute approximate surface area is 317 Å². The van der Waals surface area contributed by atoms with Crippen molar-refractivity contribution < 1.29 is 28.6 Å². The first-order chi connectivity index (χ1) is 24.8. The summed E-state index contributed by atoms with van der Waals surface area (Å²) in [5.41, 5.74) is 0.203. The monoisotopic (exact) mass is 807 g/mol. The Morgan fingerprint density at radius 3 is 0.941 bits per heavy atom. The summed E-state index contributed by atoms with van der Waals surface area (Å²) in [7, 11) is 6.48. The van der Waals surface area contributed by atoms with Gasteiger partial charge in [0, 0.05) is 49.6 Å². The van der Waals surface area contributed by atoms with E-state index in [2.05, 4.69) is 0 Å². The lowest BCUT2D eigenvalue weighted by Gasteiger charge is -2.14. The van der Waals surface area contributed by atoms with Crippen LogP contribution in [0.25, 0.3) is 0 Å². The zero-order valence-corrected chi connectivity index (χ0v) is 31.9. The minimum absolute atomic E-state index is 0.320. The van der Waals surface area contributed by atoms with Crippen LogP contribution in [0.5, 0.6) is 0 Å². The van der Waals surface area contributed by atoms with Gasteiger partial charge in [0.05, 0.1) is 19.6 Å². The number of hydrogen-bond donors (Lipinski definition) is 0. The van der Waals surface area contributed by atoms with Crippen LogP contribution in [0.1, 0.15) is 16.7 Å². The molecule has 0 N–H and O–H groups in total. The molecule has 0 atom stereocenters. The van der Waals surface area contributed by atoms with Crippen LogP contribution < -0.4 is 17.1 Å². The highest BCUT2D eigenvalue weighted by atomic mass is 33.1. The van der Waals surface area contributed by atoms with Crippen molar-refractivity contribution in [3.8, 4) is 0 Å². The first kappa shape index (κ1) is 40.4. The quantitative estimate of drug-likeness (QED) is 0.0562. The summed E-state index contributed by atoms with van der Waals surface area (Å²) in [5.74, 6) is 1.71. The second kappa shape index (κ2) is 22.5. The Morgan fingerprint density at radius 1 is 0.431 bits per heavy atom. The first-order valence-corrected chi connectivity index (χ1v) is 22.2. The van der Waals surface area contributed by atoms with Crippen molar-refractivity contribution in [2.24, 2.45) is 0 Å². The topological polar surface area (TPSA) is 145 Å². The normalized spacial score (nSPS) is 10.8. The SMILES string of the molecule is O=C(OCCn1c(=O)n(CCOC(=O)SSCc2ccccc2)c(=O)n(CCOC(=O)SSCc2ccccc2)c1=O)SSCc1ccccc1. The van der Waals surface area contributed by atoms with E-state index in [1.54, 1.807) is 0 Å². The fourth-order valence-corrected chi connectivity index (χ4v) is 9.05. The van der Waals surface area contributed by atoms with E-state index in [9.17, 15) is 28.8 Å². The molecule has 0 fully saturated rings. The molecule has 0 saturated heterocycles. The third-order valence-corrected chi connectivity index (χ3v) is 12.4. The molecule has 0 amide bonds. The average molecular weight is 808 g/mol. The van der Waals surface area contributed by atoms with Crippen LogP contribution in [0.3, 0.4) is 0 Å².